The van der Waals surface area contributed by atoms with Crippen LogP contribution in [-0.2, 0) is 4.79 Å². The average Bonchev–Trinajstić information content (AvgIpc) is 2.07. The number of alkyl halides is 1. The Morgan fingerprint density at radius 1 is 1.46 bits per heavy atom. The van der Waals surface area contributed by atoms with Gasteiger partial charge in [-0.1, -0.05) is 26.2 Å². The summed E-state index contributed by atoms with van der Waals surface area (Å²) in [6.45, 7) is 1.89. The quantitative estimate of drug-likeness (QED) is 0.647. The van der Waals surface area contributed by atoms with Crippen molar-refractivity contribution in [3.8, 4) is 0 Å². The summed E-state index contributed by atoms with van der Waals surface area (Å²) >= 11 is 5.00. The predicted octanol–water partition coefficient (Wildman–Crippen LogP) is 1.98. The molecule has 1 saturated carbocycles. The van der Waals surface area contributed by atoms with Crippen LogP contribution < -0.4 is 5.73 Å². The van der Waals surface area contributed by atoms with Crippen LogP contribution in [0.4, 0.5) is 0 Å². The van der Waals surface area contributed by atoms with Crippen molar-refractivity contribution in [2.75, 3.05) is 5.88 Å². The number of carboxylic acids is 1. The highest BCUT2D eigenvalue weighted by Gasteiger charge is 2.34. The summed E-state index contributed by atoms with van der Waals surface area (Å²) in [7, 11) is 0. The van der Waals surface area contributed by atoms with Gasteiger partial charge in [0, 0.05) is 5.88 Å². The molecule has 0 radical (unpaired) electrons. The fourth-order valence-corrected chi connectivity index (χ4v) is 1.40. The lowest BCUT2D eigenvalue weighted by molar-refractivity contribution is -0.144. The van der Waals surface area contributed by atoms with Crippen LogP contribution in [-0.4, -0.2) is 22.5 Å². The standard InChI is InChI=1S/C7H13NO2.C2H5Cl/c8-7(6(9)10)4-2-1-3-5-7;1-2-3/h1-5,8H2,(H,9,10);2H2,1H3. The zero-order chi connectivity index (χ0) is 10.3. The van der Waals surface area contributed by atoms with E-state index in [4.69, 9.17) is 22.4 Å². The van der Waals surface area contributed by atoms with E-state index in [-0.39, 0.29) is 0 Å². The van der Waals surface area contributed by atoms with E-state index >= 15 is 0 Å². The molecule has 0 amide bonds. The summed E-state index contributed by atoms with van der Waals surface area (Å²) < 4.78 is 0. The molecule has 1 rings (SSSR count). The van der Waals surface area contributed by atoms with Crippen molar-refractivity contribution in [3.05, 3.63) is 0 Å². The molecular formula is C9H18ClNO2. The van der Waals surface area contributed by atoms with Crippen molar-refractivity contribution in [3.63, 3.8) is 0 Å². The van der Waals surface area contributed by atoms with Crippen LogP contribution in [0.5, 0.6) is 0 Å². The second-order valence-corrected chi connectivity index (χ2v) is 3.82. The second kappa shape index (κ2) is 6.22. The predicted molar refractivity (Wildman–Crippen MR) is 54.0 cm³/mol. The van der Waals surface area contributed by atoms with Gasteiger partial charge in [-0.05, 0) is 12.8 Å². The number of nitrogens with two attached hydrogens (primary N) is 1. The summed E-state index contributed by atoms with van der Waals surface area (Å²) in [5.74, 6) is -0.118. The van der Waals surface area contributed by atoms with Crippen molar-refractivity contribution in [2.45, 2.75) is 44.6 Å². The zero-order valence-electron chi connectivity index (χ0n) is 8.05. The number of halogens is 1. The van der Waals surface area contributed by atoms with Crippen LogP contribution >= 0.6 is 11.6 Å². The number of rotatable bonds is 1. The highest BCUT2D eigenvalue weighted by Crippen LogP contribution is 2.25. The van der Waals surface area contributed by atoms with Gasteiger partial charge in [-0.15, -0.1) is 11.6 Å². The lowest BCUT2D eigenvalue weighted by Gasteiger charge is -2.28. The summed E-state index contributed by atoms with van der Waals surface area (Å²) in [4.78, 5) is 10.6. The van der Waals surface area contributed by atoms with Crippen LogP contribution in [0.2, 0.25) is 0 Å². The van der Waals surface area contributed by atoms with Gasteiger partial charge in [0.2, 0.25) is 0 Å². The first-order valence-electron chi connectivity index (χ1n) is 4.65. The molecule has 0 aromatic heterocycles. The van der Waals surface area contributed by atoms with Crippen LogP contribution in [0.1, 0.15) is 39.0 Å². The van der Waals surface area contributed by atoms with E-state index < -0.39 is 11.5 Å². The Kier molecular flexibility index (Phi) is 6.08. The normalized spacial score (nSPS) is 19.9. The van der Waals surface area contributed by atoms with E-state index in [1.807, 2.05) is 6.92 Å². The third-order valence-electron chi connectivity index (χ3n) is 2.17. The van der Waals surface area contributed by atoms with E-state index in [2.05, 4.69) is 0 Å². The largest absolute Gasteiger partial charge is 0.480 e. The molecule has 0 spiro atoms. The van der Waals surface area contributed by atoms with Crippen LogP contribution in [0.25, 0.3) is 0 Å². The molecule has 0 aromatic carbocycles. The molecule has 13 heavy (non-hydrogen) atoms. The highest BCUT2D eigenvalue weighted by atomic mass is 35.5. The molecule has 0 aromatic rings. The maximum absolute atomic E-state index is 10.6. The van der Waals surface area contributed by atoms with Crippen molar-refractivity contribution in [1.82, 2.24) is 0 Å². The minimum Gasteiger partial charge on any atom is -0.480 e. The van der Waals surface area contributed by atoms with Gasteiger partial charge in [-0.2, -0.15) is 0 Å². The van der Waals surface area contributed by atoms with Crippen molar-refractivity contribution >= 4 is 17.6 Å². The molecule has 0 saturated heterocycles. The topological polar surface area (TPSA) is 63.3 Å². The van der Waals surface area contributed by atoms with Gasteiger partial charge in [0.25, 0.3) is 0 Å². The SMILES string of the molecule is CCCl.NC1(C(=O)O)CCCCC1. The fraction of sp³-hybridized carbons (Fsp3) is 0.889. The second-order valence-electron chi connectivity index (χ2n) is 3.29. The van der Waals surface area contributed by atoms with Crippen molar-refractivity contribution < 1.29 is 9.90 Å². The van der Waals surface area contributed by atoms with Crippen molar-refractivity contribution in [2.24, 2.45) is 5.73 Å². The van der Waals surface area contributed by atoms with Gasteiger partial charge >= 0.3 is 5.97 Å². The lowest BCUT2D eigenvalue weighted by atomic mass is 9.83. The molecule has 1 aliphatic rings. The third kappa shape index (κ3) is 4.48. The Morgan fingerprint density at radius 3 is 2.08 bits per heavy atom. The summed E-state index contributed by atoms with van der Waals surface area (Å²) in [5, 5.41) is 8.67. The maximum Gasteiger partial charge on any atom is 0.323 e. The third-order valence-corrected chi connectivity index (χ3v) is 2.17. The minimum atomic E-state index is -0.905. The van der Waals surface area contributed by atoms with Crippen LogP contribution in [0.15, 0.2) is 0 Å². The first kappa shape index (κ1) is 12.7. The first-order chi connectivity index (χ1) is 6.06. The number of carbonyl (C=O) groups is 1. The molecule has 1 aliphatic carbocycles. The molecule has 0 aliphatic heterocycles. The Hall–Kier alpha value is -0.280. The van der Waals surface area contributed by atoms with E-state index in [0.717, 1.165) is 25.1 Å². The summed E-state index contributed by atoms with van der Waals surface area (Å²) in [6.07, 6.45) is 4.34. The number of carboxylic acid groups (broad SMARTS) is 1. The van der Waals surface area contributed by atoms with Gasteiger partial charge in [0.05, 0.1) is 0 Å². The first-order valence-corrected chi connectivity index (χ1v) is 5.18. The number of aliphatic carboxylic acids is 1. The Morgan fingerprint density at radius 2 is 1.85 bits per heavy atom. The smallest absolute Gasteiger partial charge is 0.323 e. The van der Waals surface area contributed by atoms with Gasteiger partial charge in [-0.3, -0.25) is 4.79 Å². The fourth-order valence-electron chi connectivity index (χ4n) is 1.40. The van der Waals surface area contributed by atoms with E-state index in [1.54, 1.807) is 0 Å². The number of hydrogen-bond acceptors (Lipinski definition) is 2. The Balaban J connectivity index is 0.000000424. The van der Waals surface area contributed by atoms with Gasteiger partial charge < -0.3 is 10.8 Å². The Labute approximate surface area is 84.3 Å². The maximum atomic E-state index is 10.6. The monoisotopic (exact) mass is 207 g/mol. The van der Waals surface area contributed by atoms with Crippen LogP contribution in [0.3, 0.4) is 0 Å². The van der Waals surface area contributed by atoms with Crippen LogP contribution in [0, 0.1) is 0 Å². The molecule has 0 atom stereocenters. The summed E-state index contributed by atoms with van der Waals surface area (Å²) in [5.41, 5.74) is 4.70. The minimum absolute atomic E-state index is 0.641. The zero-order valence-corrected chi connectivity index (χ0v) is 8.81. The summed E-state index contributed by atoms with van der Waals surface area (Å²) in [6, 6.07) is 0. The van der Waals surface area contributed by atoms with Gasteiger partial charge in [0.15, 0.2) is 0 Å². The average molecular weight is 208 g/mol. The van der Waals surface area contributed by atoms with E-state index in [0.29, 0.717) is 12.8 Å². The Bertz CT molecular complexity index is 156. The molecule has 0 unspecified atom stereocenters. The van der Waals surface area contributed by atoms with E-state index in [1.165, 1.54) is 0 Å². The molecule has 3 N–H and O–H groups in total. The van der Waals surface area contributed by atoms with Gasteiger partial charge in [0.1, 0.15) is 5.54 Å². The molecular weight excluding hydrogens is 190 g/mol. The van der Waals surface area contributed by atoms with Crippen molar-refractivity contribution in [1.29, 1.82) is 0 Å². The molecule has 1 fully saturated rings. The lowest BCUT2D eigenvalue weighted by Crippen LogP contribution is -2.49. The highest BCUT2D eigenvalue weighted by molar-refractivity contribution is 6.17. The van der Waals surface area contributed by atoms with E-state index in [9.17, 15) is 4.79 Å². The van der Waals surface area contributed by atoms with Gasteiger partial charge in [-0.25, -0.2) is 0 Å². The molecule has 78 valence electrons. The number of hydrogen-bond donors (Lipinski definition) is 2. The molecule has 3 nitrogen and oxygen atoms in total. The molecule has 0 bridgehead atoms. The molecule has 0 heterocycles. The molecule has 4 heteroatoms.